The van der Waals surface area contributed by atoms with E-state index in [0.717, 1.165) is 34.1 Å². The van der Waals surface area contributed by atoms with Gasteiger partial charge < -0.3 is 4.74 Å². The summed E-state index contributed by atoms with van der Waals surface area (Å²) >= 11 is 0. The van der Waals surface area contributed by atoms with Gasteiger partial charge in [-0.1, -0.05) is 29.8 Å². The summed E-state index contributed by atoms with van der Waals surface area (Å²) in [7, 11) is -2.61. The number of sulfonamides is 1. The number of aryl methyl sites for hydroxylation is 1. The first-order valence-corrected chi connectivity index (χ1v) is 11.0. The Kier molecular flexibility index (Phi) is 7.21. The van der Waals surface area contributed by atoms with Crippen LogP contribution in [0.2, 0.25) is 0 Å². The van der Waals surface area contributed by atoms with Gasteiger partial charge in [0, 0.05) is 5.56 Å². The number of hydrogen-bond donors (Lipinski definition) is 1. The number of hydrazone groups is 1. The van der Waals surface area contributed by atoms with E-state index in [-0.39, 0.29) is 4.90 Å². The Morgan fingerprint density at radius 1 is 1.06 bits per heavy atom. The highest BCUT2D eigenvalue weighted by Crippen LogP contribution is 2.24. The minimum absolute atomic E-state index is 0.134. The Balaban J connectivity index is 1.84. The second-order valence-corrected chi connectivity index (χ2v) is 8.70. The van der Waals surface area contributed by atoms with Gasteiger partial charge in [-0.05, 0) is 55.5 Å². The van der Waals surface area contributed by atoms with Crippen LogP contribution in [0.25, 0.3) is 0 Å². The zero-order valence-corrected chi connectivity index (χ0v) is 18.3. The van der Waals surface area contributed by atoms with Gasteiger partial charge in [-0.2, -0.15) is 5.10 Å². The molecule has 0 fully saturated rings. The van der Waals surface area contributed by atoms with Gasteiger partial charge in [0.15, 0.2) is 0 Å². The van der Waals surface area contributed by atoms with Gasteiger partial charge in [0.25, 0.3) is 15.9 Å². The summed E-state index contributed by atoms with van der Waals surface area (Å²) in [6.07, 6.45) is 1.40. The van der Waals surface area contributed by atoms with Crippen LogP contribution in [0.3, 0.4) is 0 Å². The van der Waals surface area contributed by atoms with Crippen LogP contribution >= 0.6 is 0 Å². The molecule has 0 atom stereocenters. The number of methoxy groups -OCH3 is 1. The third kappa shape index (κ3) is 5.50. The lowest BCUT2D eigenvalue weighted by atomic mass is 10.2. The third-order valence-electron chi connectivity index (χ3n) is 4.54. The summed E-state index contributed by atoms with van der Waals surface area (Å²) in [5, 5.41) is 3.90. The highest BCUT2D eigenvalue weighted by Gasteiger charge is 2.27. The zero-order valence-electron chi connectivity index (χ0n) is 17.5. The molecule has 1 amide bonds. The van der Waals surface area contributed by atoms with Crippen molar-refractivity contribution in [2.45, 2.75) is 11.8 Å². The number of hydrogen-bond acceptors (Lipinski definition) is 5. The van der Waals surface area contributed by atoms with Crippen molar-refractivity contribution in [1.82, 2.24) is 5.43 Å². The Morgan fingerprint density at radius 2 is 1.72 bits per heavy atom. The fourth-order valence-electron chi connectivity index (χ4n) is 2.87. The molecule has 0 unspecified atom stereocenters. The number of para-hydroxylation sites is 1. The van der Waals surface area contributed by atoms with Crippen LogP contribution in [-0.2, 0) is 14.8 Å². The van der Waals surface area contributed by atoms with Crippen molar-refractivity contribution in [2.75, 3.05) is 18.0 Å². The molecule has 3 rings (SSSR count). The number of nitrogens with one attached hydrogen (secondary N) is 1. The Hall–Kier alpha value is -3.72. The molecule has 0 aromatic heterocycles. The number of ether oxygens (including phenoxy) is 1. The van der Waals surface area contributed by atoms with Gasteiger partial charge in [-0.15, -0.1) is 0 Å². The third-order valence-corrected chi connectivity index (χ3v) is 6.33. The molecule has 0 heterocycles. The van der Waals surface area contributed by atoms with Crippen LogP contribution < -0.4 is 14.5 Å². The van der Waals surface area contributed by atoms with Gasteiger partial charge in [-0.25, -0.2) is 18.2 Å². The van der Waals surface area contributed by atoms with E-state index in [1.165, 1.54) is 13.3 Å². The lowest BCUT2D eigenvalue weighted by molar-refractivity contribution is -0.119. The molecule has 32 heavy (non-hydrogen) atoms. The Bertz CT molecular complexity index is 1210. The predicted octanol–water partition coefficient (Wildman–Crippen LogP) is 3.49. The van der Waals surface area contributed by atoms with Gasteiger partial charge >= 0.3 is 0 Å². The number of carbonyl (C=O) groups excluding carboxylic acids is 1. The van der Waals surface area contributed by atoms with Crippen LogP contribution in [0.1, 0.15) is 11.1 Å². The van der Waals surface area contributed by atoms with Crippen molar-refractivity contribution < 1.29 is 22.3 Å². The van der Waals surface area contributed by atoms with Crippen molar-refractivity contribution in [3.63, 3.8) is 0 Å². The summed E-state index contributed by atoms with van der Waals surface area (Å²) in [4.78, 5) is 12.4. The second kappa shape index (κ2) is 10.1. The molecule has 0 radical (unpaired) electrons. The standard InChI is InChI=1S/C23H22FN3O4S/c1-17-7-11-20(12-8-17)27(32(29,30)21-13-9-19(24)10-14-21)16-23(28)26-25-15-18-5-3-4-6-22(18)31-2/h3-15H,16H2,1-2H3,(H,26,28)/b25-15-. The van der Waals surface area contributed by atoms with E-state index in [2.05, 4.69) is 10.5 Å². The number of carbonyl (C=O) groups is 1. The molecular formula is C23H22FN3O4S. The Labute approximate surface area is 186 Å². The molecule has 0 aliphatic heterocycles. The maximum atomic E-state index is 13.3. The molecule has 3 aromatic rings. The second-order valence-electron chi connectivity index (χ2n) is 6.84. The van der Waals surface area contributed by atoms with E-state index in [1.54, 1.807) is 48.5 Å². The van der Waals surface area contributed by atoms with Crippen molar-refractivity contribution in [3.05, 3.63) is 89.7 Å². The topological polar surface area (TPSA) is 88.1 Å². The fourth-order valence-corrected chi connectivity index (χ4v) is 4.29. The molecule has 7 nitrogen and oxygen atoms in total. The van der Waals surface area contributed by atoms with E-state index >= 15 is 0 Å². The lowest BCUT2D eigenvalue weighted by Crippen LogP contribution is -2.39. The summed E-state index contributed by atoms with van der Waals surface area (Å²) in [5.41, 5.74) is 4.20. The molecule has 166 valence electrons. The van der Waals surface area contributed by atoms with Gasteiger partial charge in [0.1, 0.15) is 18.1 Å². The quantitative estimate of drug-likeness (QED) is 0.416. The average Bonchev–Trinajstić information content (AvgIpc) is 2.79. The molecule has 0 aliphatic carbocycles. The molecule has 9 heteroatoms. The number of anilines is 1. The number of halogens is 1. The van der Waals surface area contributed by atoms with E-state index in [9.17, 15) is 17.6 Å². The van der Waals surface area contributed by atoms with E-state index in [1.807, 2.05) is 6.92 Å². The minimum Gasteiger partial charge on any atom is -0.496 e. The number of nitrogens with zero attached hydrogens (tertiary/aromatic N) is 2. The highest BCUT2D eigenvalue weighted by atomic mass is 32.2. The summed E-state index contributed by atoms with van der Waals surface area (Å²) in [6.45, 7) is 1.34. The lowest BCUT2D eigenvalue weighted by Gasteiger charge is -2.23. The number of amides is 1. The first-order valence-electron chi connectivity index (χ1n) is 9.61. The van der Waals surface area contributed by atoms with Crippen molar-refractivity contribution in [1.29, 1.82) is 0 Å². The summed E-state index contributed by atoms with van der Waals surface area (Å²) in [6, 6.07) is 18.2. The molecule has 1 N–H and O–H groups in total. The van der Waals surface area contributed by atoms with E-state index in [4.69, 9.17) is 4.74 Å². The zero-order chi connectivity index (χ0) is 23.1. The number of benzene rings is 3. The maximum absolute atomic E-state index is 13.3. The number of rotatable bonds is 8. The molecule has 0 saturated heterocycles. The highest BCUT2D eigenvalue weighted by molar-refractivity contribution is 7.92. The van der Waals surface area contributed by atoms with Crippen LogP contribution in [0.5, 0.6) is 5.75 Å². The average molecular weight is 456 g/mol. The summed E-state index contributed by atoms with van der Waals surface area (Å²) in [5.74, 6) is -0.637. The SMILES string of the molecule is COc1ccccc1/C=N\NC(=O)CN(c1ccc(C)cc1)S(=O)(=O)c1ccc(F)cc1. The van der Waals surface area contributed by atoms with Gasteiger partial charge in [-0.3, -0.25) is 9.10 Å². The van der Waals surface area contributed by atoms with E-state index in [0.29, 0.717) is 17.0 Å². The van der Waals surface area contributed by atoms with Crippen molar-refractivity contribution in [3.8, 4) is 5.75 Å². The van der Waals surface area contributed by atoms with Crippen molar-refractivity contribution in [2.24, 2.45) is 5.10 Å². The molecule has 0 bridgehead atoms. The largest absolute Gasteiger partial charge is 0.496 e. The van der Waals surface area contributed by atoms with Crippen LogP contribution in [0, 0.1) is 12.7 Å². The Morgan fingerprint density at radius 3 is 2.38 bits per heavy atom. The minimum atomic E-state index is -4.13. The molecule has 0 saturated carbocycles. The molecule has 3 aromatic carbocycles. The van der Waals surface area contributed by atoms with Gasteiger partial charge in [0.2, 0.25) is 0 Å². The fraction of sp³-hybridized carbons (Fsp3) is 0.130. The normalized spacial score (nSPS) is 11.3. The monoisotopic (exact) mass is 455 g/mol. The molecular weight excluding hydrogens is 433 g/mol. The van der Waals surface area contributed by atoms with Crippen LogP contribution in [0.15, 0.2) is 82.8 Å². The summed E-state index contributed by atoms with van der Waals surface area (Å²) < 4.78 is 45.9. The molecule has 0 aliphatic rings. The van der Waals surface area contributed by atoms with Crippen LogP contribution in [-0.4, -0.2) is 34.2 Å². The first kappa shape index (κ1) is 23.0. The van der Waals surface area contributed by atoms with E-state index < -0.39 is 28.3 Å². The first-order chi connectivity index (χ1) is 15.3. The maximum Gasteiger partial charge on any atom is 0.264 e. The van der Waals surface area contributed by atoms with Crippen LogP contribution in [0.4, 0.5) is 10.1 Å². The predicted molar refractivity (Wildman–Crippen MR) is 121 cm³/mol. The molecule has 0 spiro atoms. The van der Waals surface area contributed by atoms with Gasteiger partial charge in [0.05, 0.1) is 23.9 Å². The van der Waals surface area contributed by atoms with Crippen molar-refractivity contribution >= 4 is 27.8 Å². The smallest absolute Gasteiger partial charge is 0.264 e.